The Labute approximate surface area is 118 Å². The van der Waals surface area contributed by atoms with E-state index in [1.165, 1.54) is 0 Å². The fraction of sp³-hybridized carbons (Fsp3) is 0.400. The maximum absolute atomic E-state index is 12.1. The van der Waals surface area contributed by atoms with Gasteiger partial charge in [-0.2, -0.15) is 0 Å². The first-order chi connectivity index (χ1) is 9.35. The molecular formula is C15H18N2O3. The predicted octanol–water partition coefficient (Wildman–Crippen LogP) is 1.59. The average Bonchev–Trinajstić information content (AvgIpc) is 2.64. The van der Waals surface area contributed by atoms with Gasteiger partial charge in [-0.1, -0.05) is 19.1 Å². The van der Waals surface area contributed by atoms with Crippen LogP contribution < -0.4 is 5.32 Å². The number of rotatable bonds is 4. The molecule has 0 unspecified atom stereocenters. The molecule has 0 fully saturated rings. The standard InChI is InChI=1S/C15H18N2O3/c1-4-15(2,3)16-12(18)9-17-13(19)10-7-5-6-8-11(10)14(17)20/h5-8H,4,9H2,1-3H3,(H,16,18). The van der Waals surface area contributed by atoms with Crippen molar-refractivity contribution in [2.75, 3.05) is 6.54 Å². The molecule has 1 heterocycles. The van der Waals surface area contributed by atoms with E-state index < -0.39 is 11.8 Å². The van der Waals surface area contributed by atoms with Crippen LogP contribution in [0.4, 0.5) is 0 Å². The number of amides is 3. The van der Waals surface area contributed by atoms with E-state index in [0.29, 0.717) is 11.1 Å². The number of carbonyl (C=O) groups excluding carboxylic acids is 3. The SMILES string of the molecule is CCC(C)(C)NC(=O)CN1C(=O)c2ccccc2C1=O. The molecule has 20 heavy (non-hydrogen) atoms. The zero-order valence-electron chi connectivity index (χ0n) is 11.9. The van der Waals surface area contributed by atoms with Crippen LogP contribution in [0.5, 0.6) is 0 Å². The van der Waals surface area contributed by atoms with Crippen molar-refractivity contribution in [1.29, 1.82) is 0 Å². The number of fused-ring (bicyclic) bond motifs is 1. The molecule has 0 radical (unpaired) electrons. The first kappa shape index (κ1) is 14.2. The summed E-state index contributed by atoms with van der Waals surface area (Å²) in [6.45, 7) is 5.51. The molecule has 0 saturated heterocycles. The minimum Gasteiger partial charge on any atom is -0.350 e. The molecule has 1 aromatic rings. The molecule has 1 aliphatic rings. The Hall–Kier alpha value is -2.17. The molecular weight excluding hydrogens is 256 g/mol. The molecule has 5 heteroatoms. The molecule has 0 aromatic heterocycles. The lowest BCUT2D eigenvalue weighted by Gasteiger charge is -2.25. The van der Waals surface area contributed by atoms with Gasteiger partial charge < -0.3 is 5.32 Å². The molecule has 106 valence electrons. The van der Waals surface area contributed by atoms with Crippen LogP contribution >= 0.6 is 0 Å². The average molecular weight is 274 g/mol. The highest BCUT2D eigenvalue weighted by atomic mass is 16.2. The van der Waals surface area contributed by atoms with Crippen LogP contribution in [0.3, 0.4) is 0 Å². The Bertz CT molecular complexity index is 543. The van der Waals surface area contributed by atoms with Crippen molar-refractivity contribution in [3.63, 3.8) is 0 Å². The molecule has 0 spiro atoms. The molecule has 0 saturated carbocycles. The van der Waals surface area contributed by atoms with Crippen LogP contribution in [0.1, 0.15) is 47.9 Å². The number of imide groups is 1. The summed E-state index contributed by atoms with van der Waals surface area (Å²) in [6, 6.07) is 6.61. The van der Waals surface area contributed by atoms with E-state index in [1.807, 2.05) is 20.8 Å². The number of benzene rings is 1. The second kappa shape index (κ2) is 5.07. The molecule has 3 amide bonds. The van der Waals surface area contributed by atoms with Gasteiger partial charge in [0.15, 0.2) is 0 Å². The van der Waals surface area contributed by atoms with Gasteiger partial charge in [0.25, 0.3) is 11.8 Å². The lowest BCUT2D eigenvalue weighted by molar-refractivity contribution is -0.123. The Morgan fingerprint density at radius 3 is 2.10 bits per heavy atom. The van der Waals surface area contributed by atoms with Gasteiger partial charge in [-0.3, -0.25) is 19.3 Å². The summed E-state index contributed by atoms with van der Waals surface area (Å²) in [5.74, 6) is -1.14. The zero-order chi connectivity index (χ0) is 14.9. The highest BCUT2D eigenvalue weighted by Crippen LogP contribution is 2.22. The van der Waals surface area contributed by atoms with Crippen molar-refractivity contribution < 1.29 is 14.4 Å². The molecule has 1 aromatic carbocycles. The number of carbonyl (C=O) groups is 3. The number of nitrogens with one attached hydrogen (secondary N) is 1. The topological polar surface area (TPSA) is 66.5 Å². The van der Waals surface area contributed by atoms with E-state index in [1.54, 1.807) is 24.3 Å². The van der Waals surface area contributed by atoms with Crippen molar-refractivity contribution in [3.05, 3.63) is 35.4 Å². The van der Waals surface area contributed by atoms with Gasteiger partial charge >= 0.3 is 0 Å². The summed E-state index contributed by atoms with van der Waals surface area (Å²) in [7, 11) is 0. The van der Waals surface area contributed by atoms with Gasteiger partial charge in [0, 0.05) is 5.54 Å². The fourth-order valence-electron chi connectivity index (χ4n) is 2.03. The monoisotopic (exact) mass is 274 g/mol. The molecule has 0 atom stereocenters. The molecule has 0 aliphatic carbocycles. The largest absolute Gasteiger partial charge is 0.350 e. The van der Waals surface area contributed by atoms with E-state index in [0.717, 1.165) is 11.3 Å². The summed E-state index contributed by atoms with van der Waals surface area (Å²) < 4.78 is 0. The van der Waals surface area contributed by atoms with Crippen LogP contribution in [-0.2, 0) is 4.79 Å². The fourth-order valence-corrected chi connectivity index (χ4v) is 2.03. The third-order valence-corrected chi connectivity index (χ3v) is 3.54. The minimum atomic E-state index is -0.407. The van der Waals surface area contributed by atoms with Crippen molar-refractivity contribution >= 4 is 17.7 Å². The first-order valence-corrected chi connectivity index (χ1v) is 6.62. The lowest BCUT2D eigenvalue weighted by atomic mass is 10.0. The van der Waals surface area contributed by atoms with Crippen LogP contribution in [-0.4, -0.2) is 34.7 Å². The van der Waals surface area contributed by atoms with Gasteiger partial charge in [-0.05, 0) is 32.4 Å². The van der Waals surface area contributed by atoms with E-state index in [-0.39, 0.29) is 18.0 Å². The van der Waals surface area contributed by atoms with E-state index in [9.17, 15) is 14.4 Å². The Balaban J connectivity index is 2.11. The van der Waals surface area contributed by atoms with Gasteiger partial charge in [-0.15, -0.1) is 0 Å². The number of hydrogen-bond acceptors (Lipinski definition) is 3. The van der Waals surface area contributed by atoms with Gasteiger partial charge in [-0.25, -0.2) is 0 Å². The number of hydrogen-bond donors (Lipinski definition) is 1. The molecule has 0 bridgehead atoms. The van der Waals surface area contributed by atoms with Crippen molar-refractivity contribution in [3.8, 4) is 0 Å². The molecule has 1 aliphatic heterocycles. The Morgan fingerprint density at radius 2 is 1.65 bits per heavy atom. The smallest absolute Gasteiger partial charge is 0.262 e. The van der Waals surface area contributed by atoms with Crippen molar-refractivity contribution in [2.24, 2.45) is 0 Å². The predicted molar refractivity (Wildman–Crippen MR) is 74.3 cm³/mol. The summed E-state index contributed by atoms with van der Waals surface area (Å²) in [4.78, 5) is 37.2. The lowest BCUT2D eigenvalue weighted by Crippen LogP contribution is -2.48. The van der Waals surface area contributed by atoms with Crippen LogP contribution in [0, 0.1) is 0 Å². The third-order valence-electron chi connectivity index (χ3n) is 3.54. The maximum Gasteiger partial charge on any atom is 0.262 e. The van der Waals surface area contributed by atoms with Crippen LogP contribution in [0.2, 0.25) is 0 Å². The second-order valence-electron chi connectivity index (χ2n) is 5.53. The molecule has 2 rings (SSSR count). The van der Waals surface area contributed by atoms with Crippen LogP contribution in [0.15, 0.2) is 24.3 Å². The van der Waals surface area contributed by atoms with Crippen LogP contribution in [0.25, 0.3) is 0 Å². The minimum absolute atomic E-state index is 0.240. The normalized spacial score (nSPS) is 14.4. The molecule has 5 nitrogen and oxygen atoms in total. The van der Waals surface area contributed by atoms with E-state index >= 15 is 0 Å². The number of nitrogens with zero attached hydrogens (tertiary/aromatic N) is 1. The van der Waals surface area contributed by atoms with Gasteiger partial charge in [0.2, 0.25) is 5.91 Å². The van der Waals surface area contributed by atoms with E-state index in [2.05, 4.69) is 5.32 Å². The van der Waals surface area contributed by atoms with E-state index in [4.69, 9.17) is 0 Å². The van der Waals surface area contributed by atoms with Crippen molar-refractivity contribution in [1.82, 2.24) is 10.2 Å². The summed E-state index contributed by atoms with van der Waals surface area (Å²) in [5, 5.41) is 2.82. The summed E-state index contributed by atoms with van der Waals surface area (Å²) in [5.41, 5.74) is 0.371. The maximum atomic E-state index is 12.1. The quantitative estimate of drug-likeness (QED) is 0.848. The summed E-state index contributed by atoms with van der Waals surface area (Å²) >= 11 is 0. The highest BCUT2D eigenvalue weighted by Gasteiger charge is 2.36. The first-order valence-electron chi connectivity index (χ1n) is 6.62. The second-order valence-corrected chi connectivity index (χ2v) is 5.53. The van der Waals surface area contributed by atoms with Gasteiger partial charge in [0.1, 0.15) is 6.54 Å². The summed E-state index contributed by atoms with van der Waals surface area (Å²) in [6.07, 6.45) is 0.765. The molecule has 1 N–H and O–H groups in total. The Kier molecular flexibility index (Phi) is 3.61. The third kappa shape index (κ3) is 2.57. The Morgan fingerprint density at radius 1 is 1.15 bits per heavy atom. The van der Waals surface area contributed by atoms with Gasteiger partial charge in [0.05, 0.1) is 11.1 Å². The highest BCUT2D eigenvalue weighted by molar-refractivity contribution is 6.22. The van der Waals surface area contributed by atoms with Crippen molar-refractivity contribution in [2.45, 2.75) is 32.7 Å². The zero-order valence-corrected chi connectivity index (χ0v) is 11.9.